The Kier molecular flexibility index (Phi) is 7.05. The van der Waals surface area contributed by atoms with E-state index in [0.717, 1.165) is 22.1 Å². The summed E-state index contributed by atoms with van der Waals surface area (Å²) < 4.78 is 6.71. The van der Waals surface area contributed by atoms with Crippen LogP contribution < -0.4 is 10.1 Å². The third kappa shape index (κ3) is 5.21. The van der Waals surface area contributed by atoms with Crippen LogP contribution >= 0.6 is 23.1 Å². The number of rotatable bonds is 8. The number of amides is 1. The fourth-order valence-electron chi connectivity index (χ4n) is 1.97. The van der Waals surface area contributed by atoms with E-state index in [1.165, 1.54) is 16.9 Å². The first-order valence-corrected chi connectivity index (χ1v) is 9.84. The molecule has 0 saturated heterocycles. The van der Waals surface area contributed by atoms with Gasteiger partial charge in [0.2, 0.25) is 5.13 Å². The quantitative estimate of drug-likeness (QED) is 0.553. The molecule has 7 heteroatoms. The van der Waals surface area contributed by atoms with Crippen LogP contribution in [0.1, 0.15) is 37.8 Å². The summed E-state index contributed by atoms with van der Waals surface area (Å²) in [5.74, 6) is 1.51. The lowest BCUT2D eigenvalue weighted by atomic mass is 10.1. The molecule has 1 amide bonds. The molecule has 0 fully saturated rings. The van der Waals surface area contributed by atoms with Gasteiger partial charge >= 0.3 is 0 Å². The third-order valence-corrected chi connectivity index (χ3v) is 5.66. The van der Waals surface area contributed by atoms with Crippen LogP contribution in [0, 0.1) is 13.8 Å². The highest BCUT2D eigenvalue weighted by atomic mass is 32.2. The van der Waals surface area contributed by atoms with Crippen LogP contribution in [-0.4, -0.2) is 28.0 Å². The van der Waals surface area contributed by atoms with Crippen molar-refractivity contribution in [1.82, 2.24) is 10.2 Å². The van der Waals surface area contributed by atoms with Gasteiger partial charge in [-0.1, -0.05) is 43.0 Å². The molecule has 1 N–H and O–H groups in total. The number of nitrogens with zero attached hydrogens (tertiary/aromatic N) is 2. The number of nitrogens with one attached hydrogen (secondary N) is 1. The van der Waals surface area contributed by atoms with Crippen LogP contribution in [0.5, 0.6) is 5.75 Å². The van der Waals surface area contributed by atoms with Gasteiger partial charge in [-0.25, -0.2) is 0 Å². The predicted molar refractivity (Wildman–Crippen MR) is 100 cm³/mol. The molecule has 1 heterocycles. The highest BCUT2D eigenvalue weighted by Crippen LogP contribution is 2.26. The average Bonchev–Trinajstić information content (AvgIpc) is 3.01. The second-order valence-electron chi connectivity index (χ2n) is 5.47. The first-order chi connectivity index (χ1) is 11.5. The number of ether oxygens (including phenoxy) is 1. The smallest absolute Gasteiger partial charge is 0.267 e. The number of carbonyl (C=O) groups excluding carboxylic acids is 1. The van der Waals surface area contributed by atoms with E-state index in [4.69, 9.17) is 4.74 Å². The van der Waals surface area contributed by atoms with Gasteiger partial charge in [0.05, 0.1) is 0 Å². The molecule has 130 valence electrons. The highest BCUT2D eigenvalue weighted by molar-refractivity contribution is 8.01. The van der Waals surface area contributed by atoms with Gasteiger partial charge in [0.25, 0.3) is 5.91 Å². The van der Waals surface area contributed by atoms with Crippen molar-refractivity contribution in [2.45, 2.75) is 51.0 Å². The SMILES string of the molecule is CCCSc1nnc(NC(=O)C(CC)Oc2ccc(C)c(C)c2)s1. The minimum Gasteiger partial charge on any atom is -0.481 e. The van der Waals surface area contributed by atoms with Crippen molar-refractivity contribution in [3.63, 3.8) is 0 Å². The van der Waals surface area contributed by atoms with Crippen molar-refractivity contribution in [2.75, 3.05) is 11.1 Å². The summed E-state index contributed by atoms with van der Waals surface area (Å²) in [7, 11) is 0. The Hall–Kier alpha value is -1.60. The standard InChI is InChI=1S/C17H23N3O2S2/c1-5-9-23-17-20-19-16(24-17)18-15(21)14(6-2)22-13-8-7-11(3)12(4)10-13/h7-8,10,14H,5-6,9H2,1-4H3,(H,18,19,21). The van der Waals surface area contributed by atoms with Crippen LogP contribution in [-0.2, 0) is 4.79 Å². The Bertz CT molecular complexity index is 688. The number of anilines is 1. The number of carbonyl (C=O) groups is 1. The van der Waals surface area contributed by atoms with E-state index in [2.05, 4.69) is 22.4 Å². The monoisotopic (exact) mass is 365 g/mol. The molecule has 0 saturated carbocycles. The first-order valence-electron chi connectivity index (χ1n) is 8.04. The Morgan fingerprint density at radius 3 is 2.75 bits per heavy atom. The van der Waals surface area contributed by atoms with Crippen LogP contribution in [0.15, 0.2) is 22.5 Å². The van der Waals surface area contributed by atoms with E-state index in [1.807, 2.05) is 39.0 Å². The number of hydrogen-bond acceptors (Lipinski definition) is 6. The second-order valence-corrected chi connectivity index (χ2v) is 7.79. The van der Waals surface area contributed by atoms with Crippen LogP contribution in [0.3, 0.4) is 0 Å². The van der Waals surface area contributed by atoms with E-state index < -0.39 is 6.10 Å². The number of hydrogen-bond donors (Lipinski definition) is 1. The Morgan fingerprint density at radius 2 is 2.08 bits per heavy atom. The predicted octanol–water partition coefficient (Wildman–Crippen LogP) is 4.45. The highest BCUT2D eigenvalue weighted by Gasteiger charge is 2.20. The second kappa shape index (κ2) is 9.03. The molecule has 1 aromatic carbocycles. The van der Waals surface area contributed by atoms with E-state index in [-0.39, 0.29) is 5.91 Å². The molecule has 2 aromatic rings. The minimum absolute atomic E-state index is 0.195. The molecule has 0 radical (unpaired) electrons. The molecular weight excluding hydrogens is 342 g/mol. The summed E-state index contributed by atoms with van der Waals surface area (Å²) in [5, 5.41) is 11.4. The molecule has 0 spiro atoms. The Labute approximate surface area is 151 Å². The zero-order valence-corrected chi connectivity index (χ0v) is 16.1. The van der Waals surface area contributed by atoms with E-state index in [1.54, 1.807) is 11.8 Å². The molecule has 1 aromatic heterocycles. The normalized spacial score (nSPS) is 12.0. The topological polar surface area (TPSA) is 64.1 Å². The third-order valence-electron chi connectivity index (χ3n) is 3.49. The maximum Gasteiger partial charge on any atom is 0.267 e. The lowest BCUT2D eigenvalue weighted by Crippen LogP contribution is -2.32. The zero-order chi connectivity index (χ0) is 17.5. The fraction of sp³-hybridized carbons (Fsp3) is 0.471. The number of thioether (sulfide) groups is 1. The molecule has 0 aliphatic rings. The Morgan fingerprint density at radius 1 is 1.29 bits per heavy atom. The molecule has 1 unspecified atom stereocenters. The van der Waals surface area contributed by atoms with E-state index >= 15 is 0 Å². The summed E-state index contributed by atoms with van der Waals surface area (Å²) >= 11 is 3.04. The number of benzene rings is 1. The molecular formula is C17H23N3O2S2. The molecule has 5 nitrogen and oxygen atoms in total. The lowest BCUT2D eigenvalue weighted by molar-refractivity contribution is -0.122. The van der Waals surface area contributed by atoms with E-state index in [9.17, 15) is 4.79 Å². The average molecular weight is 366 g/mol. The molecule has 2 rings (SSSR count). The molecule has 1 atom stereocenters. The van der Waals surface area contributed by atoms with Gasteiger partial charge in [-0.2, -0.15) is 0 Å². The summed E-state index contributed by atoms with van der Waals surface area (Å²) in [5.41, 5.74) is 2.34. The van der Waals surface area contributed by atoms with Gasteiger partial charge in [-0.15, -0.1) is 10.2 Å². The van der Waals surface area contributed by atoms with Crippen molar-refractivity contribution in [3.05, 3.63) is 29.3 Å². The van der Waals surface area contributed by atoms with Crippen molar-refractivity contribution in [1.29, 1.82) is 0 Å². The summed E-state index contributed by atoms with van der Waals surface area (Å²) in [4.78, 5) is 12.4. The van der Waals surface area contributed by atoms with Gasteiger partial charge in [0.15, 0.2) is 10.4 Å². The lowest BCUT2D eigenvalue weighted by Gasteiger charge is -2.17. The van der Waals surface area contributed by atoms with Crippen molar-refractivity contribution in [2.24, 2.45) is 0 Å². The number of aromatic nitrogens is 2. The van der Waals surface area contributed by atoms with Crippen molar-refractivity contribution >= 4 is 34.1 Å². The van der Waals surface area contributed by atoms with Crippen LogP contribution in [0.25, 0.3) is 0 Å². The van der Waals surface area contributed by atoms with Gasteiger partial charge in [-0.05, 0) is 49.9 Å². The van der Waals surface area contributed by atoms with Gasteiger partial charge in [0.1, 0.15) is 5.75 Å². The maximum absolute atomic E-state index is 12.4. The van der Waals surface area contributed by atoms with Crippen LogP contribution in [0.2, 0.25) is 0 Å². The summed E-state index contributed by atoms with van der Waals surface area (Å²) in [6, 6.07) is 5.84. The summed E-state index contributed by atoms with van der Waals surface area (Å²) in [6.07, 6.45) is 1.10. The van der Waals surface area contributed by atoms with Crippen molar-refractivity contribution < 1.29 is 9.53 Å². The molecule has 24 heavy (non-hydrogen) atoms. The van der Waals surface area contributed by atoms with Crippen LogP contribution in [0.4, 0.5) is 5.13 Å². The number of aryl methyl sites for hydroxylation is 2. The van der Waals surface area contributed by atoms with Gasteiger partial charge in [0, 0.05) is 5.75 Å². The van der Waals surface area contributed by atoms with Gasteiger partial charge in [-0.3, -0.25) is 10.1 Å². The molecule has 0 aliphatic heterocycles. The summed E-state index contributed by atoms with van der Waals surface area (Å²) in [6.45, 7) is 8.12. The Balaban J connectivity index is 1.97. The zero-order valence-electron chi connectivity index (χ0n) is 14.5. The minimum atomic E-state index is -0.553. The maximum atomic E-state index is 12.4. The molecule has 0 aliphatic carbocycles. The van der Waals surface area contributed by atoms with E-state index in [0.29, 0.717) is 17.3 Å². The fourth-order valence-corrected chi connectivity index (χ4v) is 3.65. The van der Waals surface area contributed by atoms with Crippen molar-refractivity contribution in [3.8, 4) is 5.75 Å². The first kappa shape index (κ1) is 18.7. The molecule has 0 bridgehead atoms. The largest absolute Gasteiger partial charge is 0.481 e. The van der Waals surface area contributed by atoms with Gasteiger partial charge < -0.3 is 4.74 Å².